The summed E-state index contributed by atoms with van der Waals surface area (Å²) in [5.74, 6) is 1.63. The molecule has 10 nitrogen and oxygen atoms in total. The van der Waals surface area contributed by atoms with E-state index in [0.29, 0.717) is 59.9 Å². The molecule has 5 heterocycles. The van der Waals surface area contributed by atoms with Crippen LogP contribution in [-0.4, -0.2) is 74.5 Å². The standard InChI is InChI=1S/C25H28FN7O3/c1-25-7-3-4-15(28-25)11-18(22(25)26)33(2)21-13-27-23(31-30-21)16-6-5-14(10-19(16)34)17-12-20-24(32-29-17)36-9-8-35-20/h5-6,10,12-13,15,18,22,28,34H,3-4,7-9,11H2,1-2H3/t15-,18-,22-,25+/m0/s1. The zero-order valence-corrected chi connectivity index (χ0v) is 20.2. The third-order valence-electron chi connectivity index (χ3n) is 7.50. The fourth-order valence-electron chi connectivity index (χ4n) is 5.51. The van der Waals surface area contributed by atoms with E-state index in [1.807, 2.05) is 18.9 Å². The van der Waals surface area contributed by atoms with Crippen LogP contribution in [0.25, 0.3) is 22.6 Å². The van der Waals surface area contributed by atoms with E-state index in [1.165, 1.54) is 0 Å². The number of alkyl halides is 1. The number of hydrogen-bond donors (Lipinski definition) is 2. The largest absolute Gasteiger partial charge is 0.507 e. The van der Waals surface area contributed by atoms with E-state index < -0.39 is 11.7 Å². The number of phenolic OH excluding ortho intramolecular Hbond substituents is 1. The first kappa shape index (κ1) is 22.8. The number of anilines is 1. The molecule has 36 heavy (non-hydrogen) atoms. The van der Waals surface area contributed by atoms with Crippen molar-refractivity contribution in [3.63, 3.8) is 0 Å². The van der Waals surface area contributed by atoms with Crippen LogP contribution in [0, 0.1) is 0 Å². The van der Waals surface area contributed by atoms with Crippen LogP contribution in [0.1, 0.15) is 32.6 Å². The van der Waals surface area contributed by atoms with Crippen molar-refractivity contribution in [2.24, 2.45) is 0 Å². The number of piperidine rings is 2. The first-order valence-electron chi connectivity index (χ1n) is 12.2. The van der Waals surface area contributed by atoms with Crippen LogP contribution in [-0.2, 0) is 0 Å². The highest BCUT2D eigenvalue weighted by atomic mass is 19.1. The summed E-state index contributed by atoms with van der Waals surface area (Å²) in [4.78, 5) is 6.27. The molecule has 0 unspecified atom stereocenters. The SMILES string of the molecule is CN(c1cnc(-c2ccc(-c3cc4c(nn3)OCCO4)cc2O)nn1)[C@H]1C[C@@H]2CCC[C@@](C)(N2)[C@H]1F. The van der Waals surface area contributed by atoms with Crippen LogP contribution in [0.2, 0.25) is 0 Å². The molecule has 6 rings (SSSR count). The lowest BCUT2D eigenvalue weighted by atomic mass is 9.73. The van der Waals surface area contributed by atoms with Gasteiger partial charge in [-0.25, -0.2) is 9.37 Å². The lowest BCUT2D eigenvalue weighted by Crippen LogP contribution is -2.68. The van der Waals surface area contributed by atoms with Gasteiger partial charge in [0.25, 0.3) is 5.88 Å². The van der Waals surface area contributed by atoms with Crippen LogP contribution in [0.15, 0.2) is 30.5 Å². The predicted octanol–water partition coefficient (Wildman–Crippen LogP) is 2.92. The molecular weight excluding hydrogens is 465 g/mol. The van der Waals surface area contributed by atoms with Crippen LogP contribution < -0.4 is 19.7 Å². The van der Waals surface area contributed by atoms with Gasteiger partial charge < -0.3 is 24.8 Å². The van der Waals surface area contributed by atoms with Crippen LogP contribution in [0.3, 0.4) is 0 Å². The molecule has 188 valence electrons. The van der Waals surface area contributed by atoms with Gasteiger partial charge >= 0.3 is 0 Å². The second-order valence-electron chi connectivity index (χ2n) is 9.93. The molecule has 0 amide bonds. The lowest BCUT2D eigenvalue weighted by Gasteiger charge is -2.52. The van der Waals surface area contributed by atoms with Gasteiger partial charge in [0.15, 0.2) is 17.4 Å². The molecule has 4 atom stereocenters. The molecule has 0 aliphatic carbocycles. The summed E-state index contributed by atoms with van der Waals surface area (Å²) in [5, 5.41) is 30.9. The van der Waals surface area contributed by atoms with Crippen molar-refractivity contribution >= 4 is 5.82 Å². The van der Waals surface area contributed by atoms with Crippen molar-refractivity contribution < 1.29 is 19.0 Å². The molecule has 3 aliphatic heterocycles. The fourth-order valence-corrected chi connectivity index (χ4v) is 5.51. The van der Waals surface area contributed by atoms with Crippen molar-refractivity contribution in [1.82, 2.24) is 30.7 Å². The summed E-state index contributed by atoms with van der Waals surface area (Å²) < 4.78 is 26.5. The molecule has 0 saturated carbocycles. The quantitative estimate of drug-likeness (QED) is 0.562. The van der Waals surface area contributed by atoms with Gasteiger partial charge in [0.1, 0.15) is 25.1 Å². The van der Waals surface area contributed by atoms with E-state index in [1.54, 1.807) is 30.5 Å². The maximum atomic E-state index is 15.5. The number of hydrogen-bond acceptors (Lipinski definition) is 10. The molecule has 3 aromatic rings. The number of nitrogens with zero attached hydrogens (tertiary/aromatic N) is 6. The molecule has 0 radical (unpaired) electrons. The van der Waals surface area contributed by atoms with Crippen molar-refractivity contribution in [2.45, 2.75) is 56.4 Å². The van der Waals surface area contributed by atoms with Gasteiger partial charge in [-0.15, -0.1) is 20.4 Å². The average molecular weight is 494 g/mol. The predicted molar refractivity (Wildman–Crippen MR) is 130 cm³/mol. The summed E-state index contributed by atoms with van der Waals surface area (Å²) in [6.07, 6.45) is 4.19. The highest BCUT2D eigenvalue weighted by Crippen LogP contribution is 2.39. The Morgan fingerprint density at radius 3 is 2.81 bits per heavy atom. The topological polar surface area (TPSA) is 118 Å². The van der Waals surface area contributed by atoms with Crippen molar-refractivity contribution in [3.8, 4) is 40.0 Å². The molecule has 2 N–H and O–H groups in total. The highest BCUT2D eigenvalue weighted by molar-refractivity contribution is 5.72. The van der Waals surface area contributed by atoms with Crippen molar-refractivity contribution in [1.29, 1.82) is 0 Å². The number of phenols is 1. The van der Waals surface area contributed by atoms with Crippen LogP contribution in [0.4, 0.5) is 10.2 Å². The smallest absolute Gasteiger partial charge is 0.276 e. The molecule has 0 spiro atoms. The normalized spacial score (nSPS) is 26.9. The minimum Gasteiger partial charge on any atom is -0.507 e. The Morgan fingerprint density at radius 1 is 1.14 bits per heavy atom. The minimum absolute atomic E-state index is 0.0185. The number of aromatic nitrogens is 5. The van der Waals surface area contributed by atoms with Gasteiger partial charge in [-0.05, 0) is 44.7 Å². The molecule has 11 heteroatoms. The maximum Gasteiger partial charge on any atom is 0.276 e. The Labute approximate surface area is 207 Å². The highest BCUT2D eigenvalue weighted by Gasteiger charge is 2.49. The summed E-state index contributed by atoms with van der Waals surface area (Å²) in [6.45, 7) is 2.85. The molecule has 2 bridgehead atoms. The van der Waals surface area contributed by atoms with E-state index in [0.717, 1.165) is 19.3 Å². The molecule has 1 aromatic carbocycles. The number of fused-ring (bicyclic) bond motifs is 3. The molecule has 2 aromatic heterocycles. The number of benzene rings is 1. The molecule has 3 aliphatic rings. The third-order valence-corrected chi connectivity index (χ3v) is 7.50. The van der Waals surface area contributed by atoms with E-state index in [9.17, 15) is 5.11 Å². The Balaban J connectivity index is 1.21. The molecule has 2 fully saturated rings. The van der Waals surface area contributed by atoms with Crippen molar-refractivity contribution in [2.75, 3.05) is 25.2 Å². The zero-order chi connectivity index (χ0) is 24.9. The average Bonchev–Trinajstić information content (AvgIpc) is 2.90. The Hall–Kier alpha value is -3.60. The zero-order valence-electron chi connectivity index (χ0n) is 20.2. The molecule has 2 saturated heterocycles. The molecular formula is C25H28FN7O3. The monoisotopic (exact) mass is 493 g/mol. The van der Waals surface area contributed by atoms with Gasteiger partial charge in [-0.3, -0.25) is 0 Å². The van der Waals surface area contributed by atoms with Gasteiger partial charge in [0.2, 0.25) is 0 Å². The second kappa shape index (κ2) is 8.81. The first-order valence-corrected chi connectivity index (χ1v) is 12.2. The van der Waals surface area contributed by atoms with Crippen molar-refractivity contribution in [3.05, 3.63) is 30.5 Å². The number of nitrogens with one attached hydrogen (secondary N) is 1. The fraction of sp³-hybridized carbons (Fsp3) is 0.480. The maximum absolute atomic E-state index is 15.5. The first-order chi connectivity index (χ1) is 17.4. The number of ether oxygens (including phenoxy) is 2. The van der Waals surface area contributed by atoms with E-state index in [2.05, 4.69) is 30.7 Å². The number of halogens is 1. The van der Waals surface area contributed by atoms with Crippen LogP contribution in [0.5, 0.6) is 17.4 Å². The lowest BCUT2D eigenvalue weighted by molar-refractivity contribution is 0.0405. The Bertz CT molecular complexity index is 1280. The van der Waals surface area contributed by atoms with Gasteiger partial charge in [0, 0.05) is 30.3 Å². The summed E-state index contributed by atoms with van der Waals surface area (Å²) >= 11 is 0. The van der Waals surface area contributed by atoms with Gasteiger partial charge in [0.05, 0.1) is 23.5 Å². The number of aromatic hydroxyl groups is 1. The van der Waals surface area contributed by atoms with E-state index in [-0.39, 0.29) is 17.6 Å². The van der Waals surface area contributed by atoms with E-state index >= 15 is 4.39 Å². The second-order valence-corrected chi connectivity index (χ2v) is 9.93. The van der Waals surface area contributed by atoms with Gasteiger partial charge in [-0.1, -0.05) is 6.07 Å². The van der Waals surface area contributed by atoms with Crippen LogP contribution >= 0.6 is 0 Å². The van der Waals surface area contributed by atoms with Gasteiger partial charge in [-0.2, -0.15) is 0 Å². The summed E-state index contributed by atoms with van der Waals surface area (Å²) in [7, 11) is 1.84. The summed E-state index contributed by atoms with van der Waals surface area (Å²) in [6, 6.07) is 6.80. The van der Waals surface area contributed by atoms with E-state index in [4.69, 9.17) is 9.47 Å². The Kier molecular flexibility index (Phi) is 5.59. The number of rotatable bonds is 4. The third kappa shape index (κ3) is 3.97. The summed E-state index contributed by atoms with van der Waals surface area (Å²) in [5.41, 5.74) is 1.11. The Morgan fingerprint density at radius 2 is 2.00 bits per heavy atom. The minimum atomic E-state index is -1.03.